The van der Waals surface area contributed by atoms with E-state index >= 15 is 0 Å². The summed E-state index contributed by atoms with van der Waals surface area (Å²) in [5.41, 5.74) is 3.33. The third kappa shape index (κ3) is 2.85. The van der Waals surface area contributed by atoms with Crippen LogP contribution in [0.3, 0.4) is 0 Å². The molecule has 2 aromatic rings. The Bertz CT molecular complexity index is 530. The minimum Gasteiger partial charge on any atom is -0.350 e. The number of hydrogen-bond donors (Lipinski definition) is 0. The molecule has 2 heterocycles. The average molecular weight is 258 g/mol. The summed E-state index contributed by atoms with van der Waals surface area (Å²) in [4.78, 5) is 0. The molecule has 0 unspecified atom stereocenters. The van der Waals surface area contributed by atoms with E-state index in [0.29, 0.717) is 13.2 Å². The zero-order valence-electron chi connectivity index (χ0n) is 11.1. The monoisotopic (exact) mass is 258 g/mol. The van der Waals surface area contributed by atoms with Gasteiger partial charge in [0.1, 0.15) is 0 Å². The third-order valence-electron chi connectivity index (χ3n) is 3.32. The average Bonchev–Trinajstić information content (AvgIpc) is 3.07. The molecule has 4 heteroatoms. The molecule has 1 aromatic heterocycles. The number of rotatable bonds is 4. The molecule has 1 aliphatic heterocycles. The second-order valence-corrected chi connectivity index (χ2v) is 4.72. The summed E-state index contributed by atoms with van der Waals surface area (Å²) in [5.74, 6) is 0. The maximum absolute atomic E-state index is 5.44. The quantitative estimate of drug-likeness (QED) is 0.845. The summed E-state index contributed by atoms with van der Waals surface area (Å²) < 4.78 is 12.9. The van der Waals surface area contributed by atoms with E-state index in [1.807, 2.05) is 22.9 Å². The summed E-state index contributed by atoms with van der Waals surface area (Å²) in [7, 11) is 0. The molecule has 0 saturated carbocycles. The van der Waals surface area contributed by atoms with Crippen LogP contribution >= 0.6 is 0 Å². The summed E-state index contributed by atoms with van der Waals surface area (Å²) >= 11 is 0. The Hall–Kier alpha value is -1.65. The van der Waals surface area contributed by atoms with Gasteiger partial charge in [-0.3, -0.25) is 4.68 Å². The fraction of sp³-hybridized carbons (Fsp3) is 0.400. The Morgan fingerprint density at radius 2 is 1.95 bits per heavy atom. The van der Waals surface area contributed by atoms with Gasteiger partial charge in [0, 0.05) is 24.2 Å². The summed E-state index contributed by atoms with van der Waals surface area (Å²) in [6, 6.07) is 12.4. The van der Waals surface area contributed by atoms with Crippen LogP contribution in [0, 0.1) is 6.92 Å². The van der Waals surface area contributed by atoms with E-state index in [2.05, 4.69) is 30.2 Å². The van der Waals surface area contributed by atoms with Crippen LogP contribution in [0.25, 0.3) is 11.3 Å². The number of benzene rings is 1. The van der Waals surface area contributed by atoms with Gasteiger partial charge < -0.3 is 9.47 Å². The van der Waals surface area contributed by atoms with Crippen molar-refractivity contribution in [2.24, 2.45) is 0 Å². The lowest BCUT2D eigenvalue weighted by Crippen LogP contribution is -2.13. The molecule has 1 saturated heterocycles. The highest BCUT2D eigenvalue weighted by Gasteiger charge is 2.16. The third-order valence-corrected chi connectivity index (χ3v) is 3.32. The lowest BCUT2D eigenvalue weighted by atomic mass is 10.1. The van der Waals surface area contributed by atoms with E-state index in [0.717, 1.165) is 29.9 Å². The second-order valence-electron chi connectivity index (χ2n) is 4.72. The van der Waals surface area contributed by atoms with Gasteiger partial charge in [0.05, 0.1) is 18.9 Å². The molecule has 0 aliphatic carbocycles. The summed E-state index contributed by atoms with van der Waals surface area (Å²) in [6.07, 6.45) is 0.778. The van der Waals surface area contributed by atoms with Crippen molar-refractivity contribution in [3.05, 3.63) is 42.1 Å². The predicted molar refractivity (Wildman–Crippen MR) is 72.7 cm³/mol. The van der Waals surface area contributed by atoms with Crippen molar-refractivity contribution >= 4 is 0 Å². The lowest BCUT2D eigenvalue weighted by molar-refractivity contribution is -0.0496. The van der Waals surface area contributed by atoms with Crippen molar-refractivity contribution in [3.8, 4) is 11.3 Å². The van der Waals surface area contributed by atoms with Crippen molar-refractivity contribution in [2.45, 2.75) is 26.2 Å². The highest BCUT2D eigenvalue weighted by Crippen LogP contribution is 2.19. The largest absolute Gasteiger partial charge is 0.350 e. The van der Waals surface area contributed by atoms with Crippen LogP contribution in [-0.4, -0.2) is 29.3 Å². The van der Waals surface area contributed by atoms with Crippen molar-refractivity contribution in [1.82, 2.24) is 9.78 Å². The standard InChI is InChI=1S/C15H18N2O2/c1-12-11-14(13-5-3-2-4-6-13)16-17(12)8-7-15-18-9-10-19-15/h2-6,11,15H,7-10H2,1H3. The number of nitrogens with zero attached hydrogens (tertiary/aromatic N) is 2. The predicted octanol–water partition coefficient (Wildman–Crippen LogP) is 2.62. The molecule has 0 bridgehead atoms. The van der Waals surface area contributed by atoms with Crippen LogP contribution in [0.4, 0.5) is 0 Å². The molecule has 3 rings (SSSR count). The minimum absolute atomic E-state index is 0.0659. The first-order valence-corrected chi connectivity index (χ1v) is 6.66. The van der Waals surface area contributed by atoms with Crippen LogP contribution in [0.2, 0.25) is 0 Å². The zero-order valence-corrected chi connectivity index (χ0v) is 11.1. The van der Waals surface area contributed by atoms with Crippen molar-refractivity contribution < 1.29 is 9.47 Å². The normalized spacial score (nSPS) is 16.1. The zero-order chi connectivity index (χ0) is 13.1. The van der Waals surface area contributed by atoms with Crippen LogP contribution in [0.5, 0.6) is 0 Å². The molecular weight excluding hydrogens is 240 g/mol. The van der Waals surface area contributed by atoms with Gasteiger partial charge in [-0.05, 0) is 13.0 Å². The smallest absolute Gasteiger partial charge is 0.159 e. The molecule has 1 aliphatic rings. The van der Waals surface area contributed by atoms with E-state index < -0.39 is 0 Å². The van der Waals surface area contributed by atoms with E-state index in [-0.39, 0.29) is 6.29 Å². The van der Waals surface area contributed by atoms with E-state index in [1.165, 1.54) is 0 Å². The van der Waals surface area contributed by atoms with Crippen LogP contribution < -0.4 is 0 Å². The van der Waals surface area contributed by atoms with Gasteiger partial charge >= 0.3 is 0 Å². The Labute approximate surface area is 113 Å². The van der Waals surface area contributed by atoms with Crippen molar-refractivity contribution in [1.29, 1.82) is 0 Å². The van der Waals surface area contributed by atoms with Crippen LogP contribution in [0.15, 0.2) is 36.4 Å². The van der Waals surface area contributed by atoms with Gasteiger partial charge in [0.2, 0.25) is 0 Å². The number of aromatic nitrogens is 2. The lowest BCUT2D eigenvalue weighted by Gasteiger charge is -2.09. The first-order valence-electron chi connectivity index (χ1n) is 6.66. The first kappa shape index (κ1) is 12.4. The minimum atomic E-state index is -0.0659. The molecule has 1 aromatic carbocycles. The molecule has 0 atom stereocenters. The van der Waals surface area contributed by atoms with Gasteiger partial charge in [0.15, 0.2) is 6.29 Å². The van der Waals surface area contributed by atoms with E-state index in [1.54, 1.807) is 0 Å². The molecule has 0 N–H and O–H groups in total. The van der Waals surface area contributed by atoms with Crippen LogP contribution in [0.1, 0.15) is 12.1 Å². The van der Waals surface area contributed by atoms with Crippen molar-refractivity contribution in [3.63, 3.8) is 0 Å². The molecular formula is C15H18N2O2. The number of aryl methyl sites for hydroxylation is 2. The van der Waals surface area contributed by atoms with Gasteiger partial charge in [-0.15, -0.1) is 0 Å². The Morgan fingerprint density at radius 3 is 2.68 bits per heavy atom. The summed E-state index contributed by atoms with van der Waals surface area (Å²) in [6.45, 7) is 4.31. The topological polar surface area (TPSA) is 36.3 Å². The van der Waals surface area contributed by atoms with Gasteiger partial charge in [-0.25, -0.2) is 0 Å². The SMILES string of the molecule is Cc1cc(-c2ccccc2)nn1CCC1OCCO1. The molecule has 0 spiro atoms. The van der Waals surface area contributed by atoms with Crippen molar-refractivity contribution in [2.75, 3.05) is 13.2 Å². The molecule has 19 heavy (non-hydrogen) atoms. The molecule has 4 nitrogen and oxygen atoms in total. The first-order chi connectivity index (χ1) is 9.33. The molecule has 0 radical (unpaired) electrons. The molecule has 1 fully saturated rings. The van der Waals surface area contributed by atoms with Gasteiger partial charge in [0.25, 0.3) is 0 Å². The second kappa shape index (κ2) is 5.55. The van der Waals surface area contributed by atoms with Gasteiger partial charge in [-0.1, -0.05) is 30.3 Å². The maximum Gasteiger partial charge on any atom is 0.159 e. The fourth-order valence-corrected chi connectivity index (χ4v) is 2.29. The highest BCUT2D eigenvalue weighted by atomic mass is 16.7. The number of ether oxygens (including phenoxy) is 2. The Morgan fingerprint density at radius 1 is 1.21 bits per heavy atom. The molecule has 100 valence electrons. The Balaban J connectivity index is 1.70. The fourth-order valence-electron chi connectivity index (χ4n) is 2.29. The number of hydrogen-bond acceptors (Lipinski definition) is 3. The van der Waals surface area contributed by atoms with Gasteiger partial charge in [-0.2, -0.15) is 5.10 Å². The summed E-state index contributed by atoms with van der Waals surface area (Å²) in [5, 5.41) is 4.65. The van der Waals surface area contributed by atoms with E-state index in [9.17, 15) is 0 Å². The van der Waals surface area contributed by atoms with E-state index in [4.69, 9.17) is 9.47 Å². The Kier molecular flexibility index (Phi) is 3.62. The van der Waals surface area contributed by atoms with Crippen LogP contribution in [-0.2, 0) is 16.0 Å². The molecule has 0 amide bonds. The maximum atomic E-state index is 5.44. The highest BCUT2D eigenvalue weighted by molar-refractivity contribution is 5.58.